The largest absolute Gasteiger partial charge is 0.507 e. The molecular formula is C26H34N4O6. The van der Waals surface area contributed by atoms with Crippen LogP contribution in [0.4, 0.5) is 0 Å². The number of carbonyl (C=O) groups is 4. The van der Waals surface area contributed by atoms with E-state index in [1.54, 1.807) is 31.2 Å². The summed E-state index contributed by atoms with van der Waals surface area (Å²) in [7, 11) is 0. The molecule has 0 aliphatic carbocycles. The first kappa shape index (κ1) is 28.2. The van der Waals surface area contributed by atoms with E-state index in [1.807, 2.05) is 0 Å². The van der Waals surface area contributed by atoms with Crippen molar-refractivity contribution >= 4 is 23.6 Å². The lowest BCUT2D eigenvalue weighted by Gasteiger charge is -2.30. The number of benzene rings is 2. The van der Waals surface area contributed by atoms with Crippen LogP contribution >= 0.6 is 0 Å². The second kappa shape index (κ2) is 13.7. The smallest absolute Gasteiger partial charge is 0.273 e. The third-order valence-corrected chi connectivity index (χ3v) is 6.06. The van der Waals surface area contributed by atoms with Crippen LogP contribution in [0.2, 0.25) is 0 Å². The molecule has 0 atom stereocenters. The van der Waals surface area contributed by atoms with Crippen molar-refractivity contribution in [3.05, 3.63) is 59.7 Å². The van der Waals surface area contributed by atoms with Gasteiger partial charge in [-0.05, 0) is 37.1 Å². The number of phenolic OH excluding ortho intramolecular Hbond substituents is 2. The van der Waals surface area contributed by atoms with Gasteiger partial charge in [-0.3, -0.25) is 40.9 Å². The number of unbranched alkanes of at least 4 members (excludes halogenated alkanes) is 4. The molecule has 0 bridgehead atoms. The summed E-state index contributed by atoms with van der Waals surface area (Å²) >= 11 is 0. The Labute approximate surface area is 210 Å². The van der Waals surface area contributed by atoms with Gasteiger partial charge in [-0.2, -0.15) is 0 Å². The molecule has 0 saturated carbocycles. The Morgan fingerprint density at radius 3 is 1.53 bits per heavy atom. The summed E-state index contributed by atoms with van der Waals surface area (Å²) in [6, 6.07) is 11.7. The fourth-order valence-electron chi connectivity index (χ4n) is 3.79. The zero-order valence-electron chi connectivity index (χ0n) is 20.6. The van der Waals surface area contributed by atoms with Gasteiger partial charge in [0, 0.05) is 0 Å². The summed E-state index contributed by atoms with van der Waals surface area (Å²) in [5, 5.41) is 19.7. The second-order valence-corrected chi connectivity index (χ2v) is 8.45. The number of para-hydroxylation sites is 2. The Morgan fingerprint density at radius 2 is 1.11 bits per heavy atom. The van der Waals surface area contributed by atoms with Gasteiger partial charge in [-0.15, -0.1) is 0 Å². The second-order valence-electron chi connectivity index (χ2n) is 8.45. The van der Waals surface area contributed by atoms with E-state index in [4.69, 9.17) is 0 Å². The molecule has 0 aliphatic rings. The fourth-order valence-corrected chi connectivity index (χ4v) is 3.79. The molecule has 0 unspecified atom stereocenters. The SMILES string of the molecule is CCCCCCCC(CC)(C(=O)NNC(=O)c1ccccc1O)C(=O)NNC(=O)c1ccccc1O. The maximum Gasteiger partial charge on any atom is 0.273 e. The van der Waals surface area contributed by atoms with Crippen molar-refractivity contribution in [3.63, 3.8) is 0 Å². The Morgan fingerprint density at radius 1 is 0.667 bits per heavy atom. The number of hydrogen-bond acceptors (Lipinski definition) is 6. The van der Waals surface area contributed by atoms with E-state index in [-0.39, 0.29) is 35.5 Å². The molecule has 0 saturated heterocycles. The highest BCUT2D eigenvalue weighted by atomic mass is 16.3. The standard InChI is InChI=1S/C26H34N4O6/c1-3-5-6-7-12-17-26(4-2,24(35)29-27-22(33)18-13-8-10-15-20(18)31)25(36)30-28-23(34)19-14-9-11-16-21(19)32/h8-11,13-16,31-32H,3-7,12,17H2,1-2H3,(H,27,33)(H,28,34)(H,29,35)(H,30,36). The van der Waals surface area contributed by atoms with Gasteiger partial charge in [0.15, 0.2) is 0 Å². The molecule has 10 nitrogen and oxygen atoms in total. The zero-order chi connectivity index (χ0) is 26.6. The average molecular weight is 499 g/mol. The molecule has 4 amide bonds. The summed E-state index contributed by atoms with van der Waals surface area (Å²) in [4.78, 5) is 51.3. The summed E-state index contributed by atoms with van der Waals surface area (Å²) in [5.41, 5.74) is 7.41. The predicted molar refractivity (Wildman–Crippen MR) is 134 cm³/mol. The number of phenols is 2. The van der Waals surface area contributed by atoms with E-state index in [1.165, 1.54) is 24.3 Å². The first-order chi connectivity index (χ1) is 17.3. The summed E-state index contributed by atoms with van der Waals surface area (Å²) in [6.07, 6.45) is 4.69. The molecule has 10 heteroatoms. The van der Waals surface area contributed by atoms with E-state index < -0.39 is 29.0 Å². The predicted octanol–water partition coefficient (Wildman–Crippen LogP) is 3.08. The van der Waals surface area contributed by atoms with E-state index in [9.17, 15) is 29.4 Å². The quantitative estimate of drug-likeness (QED) is 0.159. The van der Waals surface area contributed by atoms with Gasteiger partial charge >= 0.3 is 0 Å². The first-order valence-corrected chi connectivity index (χ1v) is 12.0. The van der Waals surface area contributed by atoms with E-state index in [0.717, 1.165) is 25.7 Å². The number of hydrogen-bond donors (Lipinski definition) is 6. The minimum Gasteiger partial charge on any atom is -0.507 e. The number of nitrogens with one attached hydrogen (secondary N) is 4. The highest BCUT2D eigenvalue weighted by Crippen LogP contribution is 2.30. The molecular weight excluding hydrogens is 464 g/mol. The molecule has 6 N–H and O–H groups in total. The molecule has 2 aromatic carbocycles. The lowest BCUT2D eigenvalue weighted by Crippen LogP contribution is -2.58. The molecule has 0 spiro atoms. The van der Waals surface area contributed by atoms with Gasteiger partial charge in [0.25, 0.3) is 23.6 Å². The van der Waals surface area contributed by atoms with Gasteiger partial charge < -0.3 is 10.2 Å². The van der Waals surface area contributed by atoms with Crippen molar-refractivity contribution in [2.75, 3.05) is 0 Å². The van der Waals surface area contributed by atoms with E-state index >= 15 is 0 Å². The summed E-state index contributed by atoms with van der Waals surface area (Å²) in [5.74, 6) is -3.51. The molecule has 0 aliphatic heterocycles. The normalized spacial score (nSPS) is 10.8. The van der Waals surface area contributed by atoms with Gasteiger partial charge in [0.1, 0.15) is 16.9 Å². The molecule has 2 aromatic rings. The monoisotopic (exact) mass is 498 g/mol. The van der Waals surface area contributed by atoms with Crippen molar-refractivity contribution in [1.82, 2.24) is 21.7 Å². The first-order valence-electron chi connectivity index (χ1n) is 12.0. The van der Waals surface area contributed by atoms with Gasteiger partial charge in [0.05, 0.1) is 11.1 Å². The Balaban J connectivity index is 2.14. The Kier molecular flexibility index (Phi) is 10.7. The van der Waals surface area contributed by atoms with Crippen molar-refractivity contribution in [3.8, 4) is 11.5 Å². The summed E-state index contributed by atoms with van der Waals surface area (Å²) < 4.78 is 0. The van der Waals surface area contributed by atoms with Crippen LogP contribution in [-0.2, 0) is 9.59 Å². The lowest BCUT2D eigenvalue weighted by molar-refractivity contribution is -0.145. The van der Waals surface area contributed by atoms with Gasteiger partial charge in [-0.25, -0.2) is 0 Å². The van der Waals surface area contributed by atoms with Crippen molar-refractivity contribution in [2.45, 2.75) is 58.8 Å². The molecule has 2 rings (SSSR count). The maximum absolute atomic E-state index is 13.2. The van der Waals surface area contributed by atoms with Crippen LogP contribution in [0.3, 0.4) is 0 Å². The number of hydrazine groups is 2. The Bertz CT molecular complexity index is 998. The highest BCUT2D eigenvalue weighted by Gasteiger charge is 2.44. The minimum atomic E-state index is -1.59. The third kappa shape index (κ3) is 7.21. The fraction of sp³-hybridized carbons (Fsp3) is 0.385. The topological polar surface area (TPSA) is 157 Å². The van der Waals surface area contributed by atoms with Gasteiger partial charge in [-0.1, -0.05) is 70.2 Å². The molecule has 0 aromatic heterocycles. The highest BCUT2D eigenvalue weighted by molar-refractivity contribution is 6.07. The molecule has 0 fully saturated rings. The number of rotatable bonds is 11. The molecule has 36 heavy (non-hydrogen) atoms. The van der Waals surface area contributed by atoms with Crippen LogP contribution in [0, 0.1) is 5.41 Å². The van der Waals surface area contributed by atoms with Gasteiger partial charge in [0.2, 0.25) is 0 Å². The minimum absolute atomic E-state index is 0.0427. The Hall–Kier alpha value is -4.08. The van der Waals surface area contributed by atoms with Crippen LogP contribution in [0.1, 0.15) is 79.5 Å². The zero-order valence-corrected chi connectivity index (χ0v) is 20.6. The van der Waals surface area contributed by atoms with Crippen LogP contribution in [0.15, 0.2) is 48.5 Å². The molecule has 0 heterocycles. The van der Waals surface area contributed by atoms with E-state index in [0.29, 0.717) is 6.42 Å². The molecule has 0 radical (unpaired) electrons. The number of amides is 4. The van der Waals surface area contributed by atoms with Crippen molar-refractivity contribution in [2.24, 2.45) is 5.41 Å². The number of carbonyl (C=O) groups excluding carboxylic acids is 4. The van der Waals surface area contributed by atoms with Crippen LogP contribution in [0.25, 0.3) is 0 Å². The maximum atomic E-state index is 13.2. The summed E-state index contributed by atoms with van der Waals surface area (Å²) in [6.45, 7) is 3.75. The van der Waals surface area contributed by atoms with Crippen molar-refractivity contribution in [1.29, 1.82) is 0 Å². The lowest BCUT2D eigenvalue weighted by atomic mass is 9.78. The molecule has 194 valence electrons. The van der Waals surface area contributed by atoms with Crippen LogP contribution in [0.5, 0.6) is 11.5 Å². The third-order valence-electron chi connectivity index (χ3n) is 6.06. The number of aromatic hydroxyl groups is 2. The average Bonchev–Trinajstić information content (AvgIpc) is 2.88. The van der Waals surface area contributed by atoms with E-state index in [2.05, 4.69) is 28.6 Å². The van der Waals surface area contributed by atoms with Crippen molar-refractivity contribution < 1.29 is 29.4 Å². The van der Waals surface area contributed by atoms with Crippen LogP contribution in [-0.4, -0.2) is 33.8 Å². The van der Waals surface area contributed by atoms with Crippen LogP contribution < -0.4 is 21.7 Å².